The molecule has 1 aliphatic carbocycles. The zero-order valence-corrected chi connectivity index (χ0v) is 18.0. The largest absolute Gasteiger partial charge is 0.462 e. The van der Waals surface area contributed by atoms with Crippen molar-refractivity contribution in [3.8, 4) is 0 Å². The summed E-state index contributed by atoms with van der Waals surface area (Å²) in [6, 6.07) is 3.33. The molecule has 0 amide bonds. The molecular weight excluding hydrogens is 344 g/mol. The number of fused-ring (bicyclic) bond motifs is 1. The molecule has 0 bridgehead atoms. The fourth-order valence-corrected chi connectivity index (χ4v) is 7.36. The van der Waals surface area contributed by atoms with Gasteiger partial charge in [0.25, 0.3) is 0 Å². The molecular formula is C21H36O4Si. The predicted molar refractivity (Wildman–Crippen MR) is 106 cm³/mol. The van der Waals surface area contributed by atoms with Gasteiger partial charge in [0, 0.05) is 24.7 Å². The quantitative estimate of drug-likeness (QED) is 0.218. The first-order valence-corrected chi connectivity index (χ1v) is 13.1. The van der Waals surface area contributed by atoms with Gasteiger partial charge in [-0.3, -0.25) is 9.59 Å². The number of unbranched alkanes of at least 4 members (excludes halogenated alkanes) is 2. The van der Waals surface area contributed by atoms with E-state index in [4.69, 9.17) is 9.16 Å². The van der Waals surface area contributed by atoms with Gasteiger partial charge in [-0.05, 0) is 30.6 Å². The molecule has 4 unspecified atom stereocenters. The zero-order chi connectivity index (χ0) is 19.2. The highest BCUT2D eigenvalue weighted by Gasteiger charge is 2.51. The molecule has 1 saturated carbocycles. The normalized spacial score (nSPS) is 28.5. The molecule has 4 atom stereocenters. The summed E-state index contributed by atoms with van der Waals surface area (Å²) in [6.45, 7) is 8.84. The van der Waals surface area contributed by atoms with Crippen LogP contribution in [0.15, 0.2) is 12.2 Å². The number of carbonyl (C=O) groups excluding carboxylic acids is 2. The van der Waals surface area contributed by atoms with Crippen molar-refractivity contribution in [3.05, 3.63) is 12.2 Å². The molecule has 4 nitrogen and oxygen atoms in total. The second kappa shape index (κ2) is 9.84. The molecule has 5 heteroatoms. The number of ether oxygens (including phenoxy) is 1. The van der Waals surface area contributed by atoms with Crippen molar-refractivity contribution in [1.82, 2.24) is 0 Å². The van der Waals surface area contributed by atoms with Gasteiger partial charge in [0.1, 0.15) is 6.10 Å². The van der Waals surface area contributed by atoms with Gasteiger partial charge in [-0.25, -0.2) is 0 Å². The van der Waals surface area contributed by atoms with Gasteiger partial charge in [0.05, 0.1) is 12.5 Å². The van der Waals surface area contributed by atoms with Gasteiger partial charge in [0.2, 0.25) is 0 Å². The maximum absolute atomic E-state index is 12.2. The fourth-order valence-electron chi connectivity index (χ4n) is 4.46. The Morgan fingerprint density at radius 3 is 2.50 bits per heavy atom. The Balaban J connectivity index is 2.09. The van der Waals surface area contributed by atoms with Gasteiger partial charge >= 0.3 is 5.97 Å². The summed E-state index contributed by atoms with van der Waals surface area (Å²) in [6.07, 6.45) is 8.86. The first-order valence-electron chi connectivity index (χ1n) is 10.6. The molecule has 1 heterocycles. The number of rotatable bonds is 11. The molecule has 26 heavy (non-hydrogen) atoms. The smallest absolute Gasteiger partial charge is 0.306 e. The molecule has 0 aromatic rings. The minimum absolute atomic E-state index is 0.0328. The first-order chi connectivity index (χ1) is 12.5. The van der Waals surface area contributed by atoms with Crippen molar-refractivity contribution in [1.29, 1.82) is 0 Å². The molecule has 0 aromatic carbocycles. The molecule has 2 aliphatic rings. The van der Waals surface area contributed by atoms with Gasteiger partial charge in [0.15, 0.2) is 14.1 Å². The van der Waals surface area contributed by atoms with Crippen LogP contribution in [-0.2, 0) is 18.8 Å². The van der Waals surface area contributed by atoms with Gasteiger partial charge in [-0.15, -0.1) is 0 Å². The van der Waals surface area contributed by atoms with E-state index in [2.05, 4.69) is 27.7 Å². The van der Waals surface area contributed by atoms with Gasteiger partial charge in [-0.2, -0.15) is 0 Å². The third-order valence-corrected chi connectivity index (χ3v) is 11.1. The van der Waals surface area contributed by atoms with Crippen LogP contribution in [0.2, 0.25) is 18.1 Å². The molecule has 1 aliphatic heterocycles. The summed E-state index contributed by atoms with van der Waals surface area (Å²) in [4.78, 5) is 23.9. The van der Waals surface area contributed by atoms with E-state index in [9.17, 15) is 9.59 Å². The van der Waals surface area contributed by atoms with Crippen LogP contribution in [0.4, 0.5) is 0 Å². The topological polar surface area (TPSA) is 52.6 Å². The van der Waals surface area contributed by atoms with Crippen molar-refractivity contribution in [2.75, 3.05) is 0 Å². The van der Waals surface area contributed by atoms with Crippen molar-refractivity contribution in [2.24, 2.45) is 11.8 Å². The fraction of sp³-hybridized carbons (Fsp3) is 0.810. The Morgan fingerprint density at radius 1 is 1.19 bits per heavy atom. The van der Waals surface area contributed by atoms with Crippen LogP contribution in [0.25, 0.3) is 0 Å². The highest BCUT2D eigenvalue weighted by atomic mass is 28.4. The Kier molecular flexibility index (Phi) is 8.08. The molecule has 1 saturated heterocycles. The monoisotopic (exact) mass is 380 g/mol. The molecule has 0 spiro atoms. The molecule has 2 fully saturated rings. The first kappa shape index (κ1) is 21.4. The Bertz CT molecular complexity index is 504. The van der Waals surface area contributed by atoms with Crippen LogP contribution < -0.4 is 0 Å². The van der Waals surface area contributed by atoms with Crippen LogP contribution in [0.1, 0.15) is 66.2 Å². The summed E-state index contributed by atoms with van der Waals surface area (Å²) < 4.78 is 12.3. The molecule has 2 rings (SSSR count). The number of carbonyl (C=O) groups is 2. The average Bonchev–Trinajstić information content (AvgIpc) is 3.13. The van der Waals surface area contributed by atoms with E-state index in [1.807, 2.05) is 6.08 Å². The Morgan fingerprint density at radius 2 is 1.88 bits per heavy atom. The second-order valence-corrected chi connectivity index (χ2v) is 12.6. The summed E-state index contributed by atoms with van der Waals surface area (Å²) in [5.74, 6) is 0.384. The molecule has 0 aromatic heterocycles. The molecule has 0 N–H and O–H groups in total. The summed E-state index contributed by atoms with van der Waals surface area (Å²) in [5, 5.41) is 0. The van der Waals surface area contributed by atoms with E-state index in [1.165, 1.54) is 0 Å². The van der Waals surface area contributed by atoms with Gasteiger partial charge in [-0.1, -0.05) is 46.6 Å². The number of hydrogen-bond donors (Lipinski definition) is 0. The third kappa shape index (κ3) is 5.07. The Hall–Kier alpha value is -0.943. The third-order valence-electron chi connectivity index (χ3n) is 6.42. The minimum Gasteiger partial charge on any atom is -0.462 e. The summed E-state index contributed by atoms with van der Waals surface area (Å²) in [5.41, 5.74) is 0. The lowest BCUT2D eigenvalue weighted by molar-refractivity contribution is -0.141. The van der Waals surface area contributed by atoms with E-state index in [1.54, 1.807) is 6.08 Å². The maximum atomic E-state index is 12.2. The molecule has 148 valence electrons. The minimum atomic E-state index is -1.73. The Labute approximate surface area is 159 Å². The highest BCUT2D eigenvalue weighted by Crippen LogP contribution is 2.45. The van der Waals surface area contributed by atoms with E-state index in [-0.39, 0.29) is 35.8 Å². The highest BCUT2D eigenvalue weighted by molar-refractivity contribution is 6.73. The predicted octanol–water partition coefficient (Wildman–Crippen LogP) is 5.03. The lowest BCUT2D eigenvalue weighted by Crippen LogP contribution is -2.41. The number of allylic oxidation sites excluding steroid dienone is 1. The van der Waals surface area contributed by atoms with E-state index >= 15 is 0 Å². The zero-order valence-electron chi connectivity index (χ0n) is 17.0. The van der Waals surface area contributed by atoms with E-state index in [0.29, 0.717) is 12.8 Å². The average molecular weight is 381 g/mol. The number of hydrogen-bond acceptors (Lipinski definition) is 4. The summed E-state index contributed by atoms with van der Waals surface area (Å²) >= 11 is 0. The van der Waals surface area contributed by atoms with Crippen LogP contribution in [0.5, 0.6) is 0 Å². The van der Waals surface area contributed by atoms with E-state index < -0.39 is 8.32 Å². The van der Waals surface area contributed by atoms with Gasteiger partial charge < -0.3 is 9.16 Å². The van der Waals surface area contributed by atoms with Crippen molar-refractivity contribution < 1.29 is 18.8 Å². The standard InChI is InChI=1S/C21H36O4Si/c1-5-9-10-11-16(22)12-13-17-18-14-21(23)24-19(18)15-20(17)25-26(6-2,7-3)8-4/h12-13,17-20H,5-11,14-15H2,1-4H3. The van der Waals surface area contributed by atoms with E-state index in [0.717, 1.165) is 43.8 Å². The summed E-state index contributed by atoms with van der Waals surface area (Å²) in [7, 11) is -1.73. The maximum Gasteiger partial charge on any atom is 0.306 e. The van der Waals surface area contributed by atoms with Crippen molar-refractivity contribution in [2.45, 2.75) is 96.6 Å². The number of esters is 1. The molecule has 0 radical (unpaired) electrons. The van der Waals surface area contributed by atoms with Crippen LogP contribution in [-0.4, -0.2) is 32.3 Å². The van der Waals surface area contributed by atoms with Crippen molar-refractivity contribution in [3.63, 3.8) is 0 Å². The van der Waals surface area contributed by atoms with Crippen LogP contribution in [0.3, 0.4) is 0 Å². The van der Waals surface area contributed by atoms with Crippen LogP contribution >= 0.6 is 0 Å². The number of ketones is 1. The second-order valence-electron chi connectivity index (χ2n) is 7.89. The van der Waals surface area contributed by atoms with Crippen LogP contribution in [0, 0.1) is 11.8 Å². The SMILES string of the molecule is CCCCCC(=O)C=CC1C(O[Si](CC)(CC)CC)CC2OC(=O)CC21. The lowest BCUT2D eigenvalue weighted by atomic mass is 9.91. The van der Waals surface area contributed by atoms with Crippen molar-refractivity contribution >= 4 is 20.1 Å². The lowest BCUT2D eigenvalue weighted by Gasteiger charge is -2.34.